The van der Waals surface area contributed by atoms with Crippen molar-refractivity contribution < 1.29 is 17.9 Å². The van der Waals surface area contributed by atoms with Crippen LogP contribution in [0.2, 0.25) is 0 Å². The number of hydrogen-bond donors (Lipinski definition) is 0. The minimum absolute atomic E-state index is 0.0816. The van der Waals surface area contributed by atoms with Gasteiger partial charge in [0.15, 0.2) is 9.84 Å². The minimum Gasteiger partial charge on any atom is -0.378 e. The van der Waals surface area contributed by atoms with Gasteiger partial charge in [0, 0.05) is 25.7 Å². The molecule has 6 nitrogen and oxygen atoms in total. The van der Waals surface area contributed by atoms with E-state index < -0.39 is 14.6 Å². The summed E-state index contributed by atoms with van der Waals surface area (Å²) in [7, 11) is -3.09. The van der Waals surface area contributed by atoms with Crippen molar-refractivity contribution >= 4 is 15.7 Å². The molecular formula is C18H30N2O4S. The zero-order valence-corrected chi connectivity index (χ0v) is 15.8. The van der Waals surface area contributed by atoms with Gasteiger partial charge in [-0.2, -0.15) is 0 Å². The zero-order chi connectivity index (χ0) is 17.5. The molecule has 2 saturated carbocycles. The molecule has 25 heavy (non-hydrogen) atoms. The normalized spacial score (nSPS) is 33.1. The van der Waals surface area contributed by atoms with Crippen LogP contribution in [0.15, 0.2) is 0 Å². The molecule has 142 valence electrons. The molecule has 4 aliphatic rings. The molecule has 7 heteroatoms. The molecule has 2 heterocycles. The Kier molecular flexibility index (Phi) is 4.84. The molecule has 1 unspecified atom stereocenters. The largest absolute Gasteiger partial charge is 0.378 e. The van der Waals surface area contributed by atoms with Crippen LogP contribution in [0.3, 0.4) is 0 Å². The molecule has 2 aliphatic heterocycles. The highest BCUT2D eigenvalue weighted by atomic mass is 32.2. The number of rotatable bonds is 2. The molecule has 0 aromatic carbocycles. The number of nitrogens with zero attached hydrogens (tertiary/aromatic N) is 2. The summed E-state index contributed by atoms with van der Waals surface area (Å²) in [6.45, 7) is 2.88. The van der Waals surface area contributed by atoms with Crippen molar-refractivity contribution in [1.82, 2.24) is 9.80 Å². The highest BCUT2D eigenvalue weighted by molar-refractivity contribution is 7.92. The Morgan fingerprint density at radius 2 is 1.76 bits per heavy atom. The van der Waals surface area contributed by atoms with Crippen molar-refractivity contribution in [2.24, 2.45) is 0 Å². The van der Waals surface area contributed by atoms with E-state index in [1.165, 1.54) is 25.7 Å². The van der Waals surface area contributed by atoms with E-state index in [0.29, 0.717) is 38.8 Å². The summed E-state index contributed by atoms with van der Waals surface area (Å²) < 4.78 is 30.4. The predicted molar refractivity (Wildman–Crippen MR) is 95.1 cm³/mol. The van der Waals surface area contributed by atoms with Crippen LogP contribution >= 0.6 is 0 Å². The molecule has 0 bridgehead atoms. The minimum atomic E-state index is -3.09. The molecule has 0 radical (unpaired) electrons. The third-order valence-corrected chi connectivity index (χ3v) is 9.60. The van der Waals surface area contributed by atoms with E-state index in [-0.39, 0.29) is 17.7 Å². The van der Waals surface area contributed by atoms with E-state index >= 15 is 0 Å². The van der Waals surface area contributed by atoms with Crippen LogP contribution in [0.5, 0.6) is 0 Å². The summed E-state index contributed by atoms with van der Waals surface area (Å²) in [4.78, 5) is 17.4. The van der Waals surface area contributed by atoms with Gasteiger partial charge in [0.05, 0.1) is 23.7 Å². The first-order valence-corrected chi connectivity index (χ1v) is 11.5. The lowest BCUT2D eigenvalue weighted by Gasteiger charge is -2.41. The molecule has 2 saturated heterocycles. The number of amides is 1. The molecule has 4 rings (SSSR count). The number of carbonyl (C=O) groups is 1. The SMILES string of the molecule is O=C(C1COCCN1C1CCCC1)N1CCC2(CCC2)S(=O)(=O)CC1. The molecule has 2 aliphatic carbocycles. The summed E-state index contributed by atoms with van der Waals surface area (Å²) in [6.07, 6.45) is 7.98. The Hall–Kier alpha value is -0.660. The molecule has 0 N–H and O–H groups in total. The Bertz CT molecular complexity index is 611. The molecule has 1 atom stereocenters. The maximum atomic E-state index is 13.2. The van der Waals surface area contributed by atoms with Gasteiger partial charge in [0.1, 0.15) is 6.04 Å². The Morgan fingerprint density at radius 3 is 2.44 bits per heavy atom. The van der Waals surface area contributed by atoms with Crippen molar-refractivity contribution in [2.75, 3.05) is 38.6 Å². The highest BCUT2D eigenvalue weighted by Gasteiger charge is 2.50. The van der Waals surface area contributed by atoms with Crippen molar-refractivity contribution in [2.45, 2.75) is 68.2 Å². The van der Waals surface area contributed by atoms with Crippen LogP contribution in [0.25, 0.3) is 0 Å². The van der Waals surface area contributed by atoms with Gasteiger partial charge in [0.2, 0.25) is 5.91 Å². The van der Waals surface area contributed by atoms with E-state index in [1.807, 2.05) is 4.90 Å². The van der Waals surface area contributed by atoms with E-state index in [9.17, 15) is 13.2 Å². The molecule has 0 aromatic heterocycles. The Labute approximate surface area is 150 Å². The highest BCUT2D eigenvalue weighted by Crippen LogP contribution is 2.44. The second-order valence-corrected chi connectivity index (χ2v) is 10.7. The van der Waals surface area contributed by atoms with Gasteiger partial charge in [-0.3, -0.25) is 9.69 Å². The van der Waals surface area contributed by atoms with E-state index in [0.717, 1.165) is 25.8 Å². The molecule has 4 fully saturated rings. The zero-order valence-electron chi connectivity index (χ0n) is 15.0. The standard InChI is InChI=1S/C18H30N2O4S/c21-17(16-14-24-12-10-20(16)15-4-1-2-5-15)19-9-8-18(6-3-7-18)25(22,23)13-11-19/h15-16H,1-14H2. The lowest BCUT2D eigenvalue weighted by atomic mass is 9.81. The van der Waals surface area contributed by atoms with Gasteiger partial charge >= 0.3 is 0 Å². The number of ether oxygens (including phenoxy) is 1. The quantitative estimate of drug-likeness (QED) is 0.731. The number of morpholine rings is 1. The predicted octanol–water partition coefficient (Wildman–Crippen LogP) is 1.20. The Balaban J connectivity index is 1.47. The fraction of sp³-hybridized carbons (Fsp3) is 0.944. The average molecular weight is 371 g/mol. The van der Waals surface area contributed by atoms with Gasteiger partial charge in [-0.25, -0.2) is 8.42 Å². The lowest BCUT2D eigenvalue weighted by molar-refractivity contribution is -0.145. The number of hydrogen-bond acceptors (Lipinski definition) is 5. The number of sulfone groups is 1. The first-order chi connectivity index (χ1) is 12.0. The smallest absolute Gasteiger partial charge is 0.242 e. The van der Waals surface area contributed by atoms with Crippen molar-refractivity contribution in [3.8, 4) is 0 Å². The molecule has 0 aromatic rings. The fourth-order valence-corrected chi connectivity index (χ4v) is 7.33. The summed E-state index contributed by atoms with van der Waals surface area (Å²) in [6, 6.07) is 0.265. The fourth-order valence-electron chi connectivity index (χ4n) is 5.12. The van der Waals surface area contributed by atoms with Crippen LogP contribution in [0, 0.1) is 0 Å². The first kappa shape index (κ1) is 17.7. The third-order valence-electron chi connectivity index (χ3n) is 6.95. The maximum absolute atomic E-state index is 13.2. The van der Waals surface area contributed by atoms with Gasteiger partial charge < -0.3 is 9.64 Å². The van der Waals surface area contributed by atoms with Crippen molar-refractivity contribution in [1.29, 1.82) is 0 Å². The lowest BCUT2D eigenvalue weighted by Crippen LogP contribution is -2.57. The van der Waals surface area contributed by atoms with Crippen LogP contribution in [0.1, 0.15) is 51.4 Å². The van der Waals surface area contributed by atoms with Gasteiger partial charge in [-0.15, -0.1) is 0 Å². The second-order valence-electron chi connectivity index (χ2n) is 8.20. The third kappa shape index (κ3) is 3.12. The van der Waals surface area contributed by atoms with Crippen LogP contribution in [-0.2, 0) is 19.4 Å². The molecular weight excluding hydrogens is 340 g/mol. The summed E-state index contributed by atoms with van der Waals surface area (Å²) >= 11 is 0. The topological polar surface area (TPSA) is 66.9 Å². The summed E-state index contributed by atoms with van der Waals surface area (Å²) in [5.74, 6) is 0.202. The van der Waals surface area contributed by atoms with Gasteiger partial charge in [-0.1, -0.05) is 19.3 Å². The number of carbonyl (C=O) groups excluding carboxylic acids is 1. The summed E-state index contributed by atoms with van der Waals surface area (Å²) in [5, 5.41) is 0. The average Bonchev–Trinajstić information content (AvgIpc) is 3.05. The van der Waals surface area contributed by atoms with Crippen LogP contribution < -0.4 is 0 Å². The van der Waals surface area contributed by atoms with E-state index in [1.54, 1.807) is 0 Å². The van der Waals surface area contributed by atoms with Crippen LogP contribution in [-0.4, -0.2) is 79.6 Å². The van der Waals surface area contributed by atoms with Gasteiger partial charge in [-0.05, 0) is 32.1 Å². The molecule has 1 amide bonds. The van der Waals surface area contributed by atoms with Crippen molar-refractivity contribution in [3.63, 3.8) is 0 Å². The Morgan fingerprint density at radius 1 is 1.00 bits per heavy atom. The second kappa shape index (κ2) is 6.82. The first-order valence-electron chi connectivity index (χ1n) is 9.87. The van der Waals surface area contributed by atoms with Crippen LogP contribution in [0.4, 0.5) is 0 Å². The van der Waals surface area contributed by atoms with Crippen molar-refractivity contribution in [3.05, 3.63) is 0 Å². The van der Waals surface area contributed by atoms with Gasteiger partial charge in [0.25, 0.3) is 0 Å². The summed E-state index contributed by atoms with van der Waals surface area (Å²) in [5.41, 5.74) is 0. The molecule has 1 spiro atoms. The van der Waals surface area contributed by atoms with E-state index in [4.69, 9.17) is 4.74 Å². The maximum Gasteiger partial charge on any atom is 0.242 e. The monoisotopic (exact) mass is 370 g/mol. The van der Waals surface area contributed by atoms with E-state index in [2.05, 4.69) is 4.90 Å².